The van der Waals surface area contributed by atoms with E-state index in [0.717, 1.165) is 18.1 Å². The Hall–Kier alpha value is -1.46. The Bertz CT molecular complexity index is 468. The summed E-state index contributed by atoms with van der Waals surface area (Å²) >= 11 is 0. The summed E-state index contributed by atoms with van der Waals surface area (Å²) in [4.78, 5) is 0. The van der Waals surface area contributed by atoms with Gasteiger partial charge in [-0.1, -0.05) is 6.07 Å². The molecule has 1 atom stereocenters. The maximum atomic E-state index is 5.35. The molecule has 0 amide bonds. The summed E-state index contributed by atoms with van der Waals surface area (Å²) in [6, 6.07) is 6.19. The van der Waals surface area contributed by atoms with Crippen molar-refractivity contribution in [3.8, 4) is 0 Å². The molecule has 92 valence electrons. The number of hydrogen-bond acceptors (Lipinski definition) is 4. The molecule has 0 saturated carbocycles. The highest BCUT2D eigenvalue weighted by molar-refractivity contribution is 5.36. The van der Waals surface area contributed by atoms with E-state index >= 15 is 0 Å². The average molecular weight is 234 g/mol. The van der Waals surface area contributed by atoms with Crippen LogP contribution in [0.4, 0.5) is 0 Å². The standard InChI is InChI=1S/C12H18N4O/c1-3-17-9-10(2)13-8-12-15-14-11-6-4-5-7-16(11)12/h4-7,10,13H,3,8-9H2,1-2H3. The molecule has 0 fully saturated rings. The Morgan fingerprint density at radius 1 is 1.41 bits per heavy atom. The second-order valence-corrected chi connectivity index (χ2v) is 3.99. The van der Waals surface area contributed by atoms with Crippen LogP contribution in [0.15, 0.2) is 24.4 Å². The summed E-state index contributed by atoms with van der Waals surface area (Å²) < 4.78 is 7.33. The smallest absolute Gasteiger partial charge is 0.160 e. The molecule has 2 rings (SSSR count). The molecule has 17 heavy (non-hydrogen) atoms. The lowest BCUT2D eigenvalue weighted by molar-refractivity contribution is 0.126. The Kier molecular flexibility index (Phi) is 4.06. The molecule has 0 aromatic carbocycles. The largest absolute Gasteiger partial charge is 0.380 e. The van der Waals surface area contributed by atoms with E-state index in [4.69, 9.17) is 4.74 Å². The maximum absolute atomic E-state index is 5.35. The first kappa shape index (κ1) is 12.0. The Morgan fingerprint density at radius 3 is 3.12 bits per heavy atom. The lowest BCUT2D eigenvalue weighted by Gasteiger charge is -2.12. The van der Waals surface area contributed by atoms with Crippen molar-refractivity contribution < 1.29 is 4.74 Å². The third kappa shape index (κ3) is 3.01. The number of hydrogen-bond donors (Lipinski definition) is 1. The van der Waals surface area contributed by atoms with E-state index in [9.17, 15) is 0 Å². The average Bonchev–Trinajstić information content (AvgIpc) is 2.77. The molecule has 0 bridgehead atoms. The molecule has 0 aliphatic carbocycles. The minimum absolute atomic E-state index is 0.311. The van der Waals surface area contributed by atoms with Gasteiger partial charge in [-0.2, -0.15) is 0 Å². The van der Waals surface area contributed by atoms with Gasteiger partial charge in [-0.25, -0.2) is 0 Å². The first-order valence-corrected chi connectivity index (χ1v) is 5.91. The first-order chi connectivity index (χ1) is 8.31. The maximum Gasteiger partial charge on any atom is 0.160 e. The third-order valence-corrected chi connectivity index (χ3v) is 2.56. The summed E-state index contributed by atoms with van der Waals surface area (Å²) in [6.07, 6.45) is 1.97. The highest BCUT2D eigenvalue weighted by Gasteiger charge is 2.06. The van der Waals surface area contributed by atoms with Gasteiger partial charge in [-0.15, -0.1) is 10.2 Å². The number of rotatable bonds is 6. The molecular weight excluding hydrogens is 216 g/mol. The van der Waals surface area contributed by atoms with Gasteiger partial charge in [0.15, 0.2) is 11.5 Å². The van der Waals surface area contributed by atoms with Crippen molar-refractivity contribution in [2.45, 2.75) is 26.4 Å². The summed E-state index contributed by atoms with van der Waals surface area (Å²) in [6.45, 7) is 6.25. The van der Waals surface area contributed by atoms with E-state index in [1.165, 1.54) is 0 Å². The predicted octanol–water partition coefficient (Wildman–Crippen LogP) is 1.24. The Balaban J connectivity index is 1.95. The molecule has 1 unspecified atom stereocenters. The third-order valence-electron chi connectivity index (χ3n) is 2.56. The van der Waals surface area contributed by atoms with Gasteiger partial charge in [-0.3, -0.25) is 4.40 Å². The van der Waals surface area contributed by atoms with Crippen molar-refractivity contribution in [1.82, 2.24) is 19.9 Å². The molecular formula is C12H18N4O. The zero-order valence-electron chi connectivity index (χ0n) is 10.3. The van der Waals surface area contributed by atoms with E-state index in [1.54, 1.807) is 0 Å². The Labute approximate surface area is 101 Å². The fourth-order valence-electron chi connectivity index (χ4n) is 1.63. The molecule has 5 nitrogen and oxygen atoms in total. The van der Waals surface area contributed by atoms with Gasteiger partial charge in [0, 0.05) is 18.8 Å². The number of aromatic nitrogens is 3. The minimum atomic E-state index is 0.311. The van der Waals surface area contributed by atoms with Gasteiger partial charge < -0.3 is 10.1 Å². The van der Waals surface area contributed by atoms with Crippen LogP contribution in [-0.4, -0.2) is 33.9 Å². The lowest BCUT2D eigenvalue weighted by Crippen LogP contribution is -2.30. The second-order valence-electron chi connectivity index (χ2n) is 3.99. The monoisotopic (exact) mass is 234 g/mol. The Morgan fingerprint density at radius 2 is 2.29 bits per heavy atom. The number of nitrogens with one attached hydrogen (secondary N) is 1. The molecule has 5 heteroatoms. The van der Waals surface area contributed by atoms with Gasteiger partial charge in [0.05, 0.1) is 13.2 Å². The van der Waals surface area contributed by atoms with Gasteiger partial charge in [0.1, 0.15) is 0 Å². The molecule has 0 aliphatic rings. The van der Waals surface area contributed by atoms with Crippen LogP contribution in [0.1, 0.15) is 19.7 Å². The molecule has 0 radical (unpaired) electrons. The number of nitrogens with zero attached hydrogens (tertiary/aromatic N) is 3. The number of ether oxygens (including phenoxy) is 1. The van der Waals surface area contributed by atoms with Gasteiger partial charge in [-0.05, 0) is 26.0 Å². The van der Waals surface area contributed by atoms with Crippen molar-refractivity contribution in [2.24, 2.45) is 0 Å². The quantitative estimate of drug-likeness (QED) is 0.817. The molecule has 1 N–H and O–H groups in total. The molecule has 2 heterocycles. The summed E-state index contributed by atoms with van der Waals surface area (Å²) in [5.74, 6) is 0.920. The van der Waals surface area contributed by atoms with Crippen molar-refractivity contribution in [3.05, 3.63) is 30.2 Å². The van der Waals surface area contributed by atoms with Gasteiger partial charge >= 0.3 is 0 Å². The van der Waals surface area contributed by atoms with Crippen LogP contribution in [0.25, 0.3) is 5.65 Å². The molecule has 2 aromatic heterocycles. The zero-order chi connectivity index (χ0) is 12.1. The molecule has 0 saturated heterocycles. The van der Waals surface area contributed by atoms with Crippen LogP contribution < -0.4 is 5.32 Å². The van der Waals surface area contributed by atoms with Crippen molar-refractivity contribution in [1.29, 1.82) is 0 Å². The number of fused-ring (bicyclic) bond motifs is 1. The van der Waals surface area contributed by atoms with E-state index in [2.05, 4.69) is 22.4 Å². The zero-order valence-corrected chi connectivity index (χ0v) is 10.3. The van der Waals surface area contributed by atoms with E-state index in [0.29, 0.717) is 19.2 Å². The molecule has 2 aromatic rings. The van der Waals surface area contributed by atoms with Gasteiger partial charge in [0.2, 0.25) is 0 Å². The minimum Gasteiger partial charge on any atom is -0.380 e. The van der Waals surface area contributed by atoms with Crippen molar-refractivity contribution in [3.63, 3.8) is 0 Å². The first-order valence-electron chi connectivity index (χ1n) is 5.91. The topological polar surface area (TPSA) is 51.5 Å². The van der Waals surface area contributed by atoms with E-state index < -0.39 is 0 Å². The van der Waals surface area contributed by atoms with Crippen LogP contribution in [-0.2, 0) is 11.3 Å². The van der Waals surface area contributed by atoms with Crippen LogP contribution in [0.2, 0.25) is 0 Å². The fourth-order valence-corrected chi connectivity index (χ4v) is 1.63. The summed E-state index contributed by atoms with van der Waals surface area (Å²) in [5.41, 5.74) is 0.877. The summed E-state index contributed by atoms with van der Waals surface area (Å²) in [5, 5.41) is 11.6. The highest BCUT2D eigenvalue weighted by atomic mass is 16.5. The van der Waals surface area contributed by atoms with Crippen molar-refractivity contribution >= 4 is 5.65 Å². The van der Waals surface area contributed by atoms with Gasteiger partial charge in [0.25, 0.3) is 0 Å². The number of pyridine rings is 1. The molecule has 0 aliphatic heterocycles. The predicted molar refractivity (Wildman–Crippen MR) is 65.8 cm³/mol. The summed E-state index contributed by atoms with van der Waals surface area (Å²) in [7, 11) is 0. The van der Waals surface area contributed by atoms with Crippen LogP contribution in [0.3, 0.4) is 0 Å². The molecule has 0 spiro atoms. The van der Waals surface area contributed by atoms with E-state index in [1.807, 2.05) is 35.7 Å². The lowest BCUT2D eigenvalue weighted by atomic mass is 10.3. The van der Waals surface area contributed by atoms with Crippen molar-refractivity contribution in [2.75, 3.05) is 13.2 Å². The van der Waals surface area contributed by atoms with Crippen LogP contribution in [0, 0.1) is 0 Å². The van der Waals surface area contributed by atoms with E-state index in [-0.39, 0.29) is 0 Å². The SMILES string of the molecule is CCOCC(C)NCc1nnc2ccccn12. The van der Waals surface area contributed by atoms with Crippen LogP contribution >= 0.6 is 0 Å². The second kappa shape index (κ2) is 5.75. The highest BCUT2D eigenvalue weighted by Crippen LogP contribution is 2.02. The van der Waals surface area contributed by atoms with Crippen LogP contribution in [0.5, 0.6) is 0 Å². The normalized spacial score (nSPS) is 13.1. The fraction of sp³-hybridized carbons (Fsp3) is 0.500.